The van der Waals surface area contributed by atoms with E-state index in [9.17, 15) is 4.79 Å². The van der Waals surface area contributed by atoms with Crippen LogP contribution in [-0.4, -0.2) is 36.1 Å². The number of nitrogens with one attached hydrogen (secondary N) is 1. The molecule has 122 valence electrons. The number of esters is 1. The lowest BCUT2D eigenvalue weighted by Gasteiger charge is -2.30. The Morgan fingerprint density at radius 3 is 2.83 bits per heavy atom. The van der Waals surface area contributed by atoms with E-state index in [1.807, 2.05) is 12.3 Å². The molecular weight excluding hydrogens is 300 g/mol. The highest BCUT2D eigenvalue weighted by Gasteiger charge is 2.24. The quantitative estimate of drug-likeness (QED) is 0.753. The van der Waals surface area contributed by atoms with E-state index in [-0.39, 0.29) is 5.97 Å². The van der Waals surface area contributed by atoms with E-state index in [0.29, 0.717) is 6.54 Å². The molecule has 0 aliphatic carbocycles. The number of H-pyrrole nitrogens is 1. The Balaban J connectivity index is 1.80. The predicted molar refractivity (Wildman–Crippen MR) is 94.7 cm³/mol. The van der Waals surface area contributed by atoms with Gasteiger partial charge in [-0.2, -0.15) is 0 Å². The van der Waals surface area contributed by atoms with Crippen LogP contribution in [0.25, 0.3) is 22.0 Å². The number of methoxy groups -OCH3 is 1. The summed E-state index contributed by atoms with van der Waals surface area (Å²) in [4.78, 5) is 17.1. The van der Waals surface area contributed by atoms with Crippen LogP contribution in [0.5, 0.6) is 0 Å². The highest BCUT2D eigenvalue weighted by molar-refractivity contribution is 5.90. The first kappa shape index (κ1) is 15.0. The minimum absolute atomic E-state index is 0.180. The van der Waals surface area contributed by atoms with Crippen molar-refractivity contribution in [2.24, 2.45) is 0 Å². The third-order valence-electron chi connectivity index (χ3n) is 4.80. The number of carbonyl (C=O) groups excluding carboxylic acids is 1. The van der Waals surface area contributed by atoms with Crippen molar-refractivity contribution in [1.82, 2.24) is 9.88 Å². The average Bonchev–Trinajstić information content (AvgIpc) is 3.10. The average molecular weight is 320 g/mol. The van der Waals surface area contributed by atoms with Crippen LogP contribution >= 0.6 is 0 Å². The maximum atomic E-state index is 11.6. The molecule has 4 rings (SSSR count). The second kappa shape index (κ2) is 6.13. The number of rotatable bonds is 3. The molecule has 4 nitrogen and oxygen atoms in total. The summed E-state index contributed by atoms with van der Waals surface area (Å²) in [6, 6.07) is 14.9. The molecule has 0 saturated carbocycles. The van der Waals surface area contributed by atoms with E-state index < -0.39 is 0 Å². The molecule has 0 amide bonds. The van der Waals surface area contributed by atoms with Crippen molar-refractivity contribution in [3.05, 3.63) is 59.8 Å². The van der Waals surface area contributed by atoms with Gasteiger partial charge in [0.15, 0.2) is 0 Å². The molecule has 0 saturated heterocycles. The summed E-state index contributed by atoms with van der Waals surface area (Å²) < 4.78 is 4.82. The van der Waals surface area contributed by atoms with Crippen LogP contribution in [-0.2, 0) is 22.5 Å². The number of aromatic amines is 1. The summed E-state index contributed by atoms with van der Waals surface area (Å²) in [6.07, 6.45) is 2.92. The molecule has 1 N–H and O–H groups in total. The van der Waals surface area contributed by atoms with Gasteiger partial charge in [-0.05, 0) is 40.8 Å². The zero-order valence-corrected chi connectivity index (χ0v) is 13.7. The second-order valence-corrected chi connectivity index (χ2v) is 6.23. The Bertz CT molecular complexity index is 883. The Labute approximate surface area is 141 Å². The minimum atomic E-state index is -0.180. The van der Waals surface area contributed by atoms with Crippen molar-refractivity contribution in [3.8, 4) is 11.1 Å². The van der Waals surface area contributed by atoms with Crippen LogP contribution in [0, 0.1) is 0 Å². The zero-order valence-electron chi connectivity index (χ0n) is 13.7. The van der Waals surface area contributed by atoms with E-state index in [4.69, 9.17) is 4.74 Å². The molecular formula is C20H20N2O2. The molecule has 4 heteroatoms. The summed E-state index contributed by atoms with van der Waals surface area (Å²) in [7, 11) is 1.44. The van der Waals surface area contributed by atoms with E-state index in [1.165, 1.54) is 40.3 Å². The Hall–Kier alpha value is -2.59. The second-order valence-electron chi connectivity index (χ2n) is 6.23. The normalized spacial score (nSPS) is 14.5. The van der Waals surface area contributed by atoms with Gasteiger partial charge in [-0.15, -0.1) is 0 Å². The topological polar surface area (TPSA) is 45.3 Å². The Morgan fingerprint density at radius 1 is 1.21 bits per heavy atom. The van der Waals surface area contributed by atoms with Crippen molar-refractivity contribution in [3.63, 3.8) is 0 Å². The van der Waals surface area contributed by atoms with Gasteiger partial charge in [0, 0.05) is 24.7 Å². The van der Waals surface area contributed by atoms with Crippen molar-refractivity contribution in [2.45, 2.75) is 13.0 Å². The Kier molecular flexibility index (Phi) is 3.82. The van der Waals surface area contributed by atoms with Crippen LogP contribution in [0.15, 0.2) is 48.7 Å². The van der Waals surface area contributed by atoms with Gasteiger partial charge < -0.3 is 9.72 Å². The molecule has 1 aliphatic rings. The standard InChI is InChI=1S/C20H20N2O2/c1-24-19(23)13-22-10-8-16-17(14-5-3-2-4-6-14)11-15-7-9-21-20(15)18(16)12-22/h2-7,9,11,21H,8,10,12-13H2,1H3. The molecule has 0 bridgehead atoms. The smallest absolute Gasteiger partial charge is 0.319 e. The molecule has 1 aromatic heterocycles. The van der Waals surface area contributed by atoms with Crippen LogP contribution in [0.2, 0.25) is 0 Å². The van der Waals surface area contributed by atoms with Crippen LogP contribution in [0.4, 0.5) is 0 Å². The number of hydrogen-bond donors (Lipinski definition) is 1. The number of hydrogen-bond acceptors (Lipinski definition) is 3. The number of carbonyl (C=O) groups is 1. The summed E-state index contributed by atoms with van der Waals surface area (Å²) >= 11 is 0. The number of fused-ring (bicyclic) bond motifs is 3. The maximum absolute atomic E-state index is 11.6. The van der Waals surface area contributed by atoms with Gasteiger partial charge in [-0.25, -0.2) is 0 Å². The largest absolute Gasteiger partial charge is 0.468 e. The highest BCUT2D eigenvalue weighted by Crippen LogP contribution is 2.35. The number of nitrogens with zero attached hydrogens (tertiary/aromatic N) is 1. The van der Waals surface area contributed by atoms with Crippen molar-refractivity contribution in [1.29, 1.82) is 0 Å². The van der Waals surface area contributed by atoms with Crippen LogP contribution < -0.4 is 0 Å². The Morgan fingerprint density at radius 2 is 2.04 bits per heavy atom. The predicted octanol–water partition coefficient (Wildman–Crippen LogP) is 3.37. The molecule has 24 heavy (non-hydrogen) atoms. The van der Waals surface area contributed by atoms with Gasteiger partial charge in [-0.3, -0.25) is 9.69 Å². The van der Waals surface area contributed by atoms with Gasteiger partial charge in [0.05, 0.1) is 19.2 Å². The van der Waals surface area contributed by atoms with Crippen molar-refractivity contribution >= 4 is 16.9 Å². The molecule has 0 unspecified atom stereocenters. The third-order valence-corrected chi connectivity index (χ3v) is 4.80. The fourth-order valence-corrected chi connectivity index (χ4v) is 3.61. The molecule has 0 fully saturated rings. The fraction of sp³-hybridized carbons (Fsp3) is 0.250. The van der Waals surface area contributed by atoms with E-state index >= 15 is 0 Å². The minimum Gasteiger partial charge on any atom is -0.468 e. The van der Waals surface area contributed by atoms with E-state index in [2.05, 4.69) is 46.3 Å². The van der Waals surface area contributed by atoms with E-state index in [0.717, 1.165) is 19.5 Å². The first-order chi connectivity index (χ1) is 11.8. The monoisotopic (exact) mass is 320 g/mol. The van der Waals surface area contributed by atoms with Crippen LogP contribution in [0.1, 0.15) is 11.1 Å². The lowest BCUT2D eigenvalue weighted by atomic mass is 9.89. The first-order valence-electron chi connectivity index (χ1n) is 8.22. The van der Waals surface area contributed by atoms with Gasteiger partial charge in [-0.1, -0.05) is 30.3 Å². The molecule has 2 heterocycles. The zero-order chi connectivity index (χ0) is 16.5. The summed E-state index contributed by atoms with van der Waals surface area (Å²) in [5, 5.41) is 1.22. The molecule has 0 atom stereocenters. The lowest BCUT2D eigenvalue weighted by Crippen LogP contribution is -2.35. The maximum Gasteiger partial charge on any atom is 0.319 e. The molecule has 0 radical (unpaired) electrons. The van der Waals surface area contributed by atoms with Crippen molar-refractivity contribution < 1.29 is 9.53 Å². The molecule has 3 aromatic rings. The first-order valence-corrected chi connectivity index (χ1v) is 8.22. The van der Waals surface area contributed by atoms with E-state index in [1.54, 1.807) is 0 Å². The van der Waals surface area contributed by atoms with Crippen molar-refractivity contribution in [2.75, 3.05) is 20.2 Å². The van der Waals surface area contributed by atoms with Gasteiger partial charge in [0.1, 0.15) is 0 Å². The lowest BCUT2D eigenvalue weighted by molar-refractivity contribution is -0.142. The number of ether oxygens (including phenoxy) is 1. The summed E-state index contributed by atoms with van der Waals surface area (Å²) in [5.41, 5.74) is 6.41. The van der Waals surface area contributed by atoms with Crippen LogP contribution in [0.3, 0.4) is 0 Å². The van der Waals surface area contributed by atoms with Gasteiger partial charge in [0.25, 0.3) is 0 Å². The SMILES string of the molecule is COC(=O)CN1CCc2c(-c3ccccc3)cc3cc[nH]c3c2C1. The third kappa shape index (κ3) is 2.59. The number of benzene rings is 2. The van der Waals surface area contributed by atoms with Gasteiger partial charge in [0.2, 0.25) is 0 Å². The summed E-state index contributed by atoms with van der Waals surface area (Å²) in [5.74, 6) is -0.180. The van der Waals surface area contributed by atoms with Gasteiger partial charge >= 0.3 is 5.97 Å². The highest BCUT2D eigenvalue weighted by atomic mass is 16.5. The summed E-state index contributed by atoms with van der Waals surface area (Å²) in [6.45, 7) is 1.98. The molecule has 1 aliphatic heterocycles. The molecule has 0 spiro atoms. The number of aromatic nitrogens is 1. The molecule has 2 aromatic carbocycles. The fourth-order valence-electron chi connectivity index (χ4n) is 3.61.